The van der Waals surface area contributed by atoms with E-state index < -0.39 is 31.0 Å². The molecule has 0 aliphatic heterocycles. The summed E-state index contributed by atoms with van der Waals surface area (Å²) in [5.74, 6) is 0. The van der Waals surface area contributed by atoms with Crippen molar-refractivity contribution in [1.82, 2.24) is 5.06 Å². The lowest BCUT2D eigenvalue weighted by Crippen LogP contribution is -2.48. The van der Waals surface area contributed by atoms with Gasteiger partial charge in [-0.05, 0) is 0 Å². The molecule has 0 saturated heterocycles. The van der Waals surface area contributed by atoms with Gasteiger partial charge in [-0.3, -0.25) is 0 Å². The molecule has 4 atom stereocenters. The highest BCUT2D eigenvalue weighted by Crippen LogP contribution is 2.05. The summed E-state index contributed by atoms with van der Waals surface area (Å²) < 4.78 is 0. The van der Waals surface area contributed by atoms with Crippen LogP contribution in [0.1, 0.15) is 0 Å². The fourth-order valence-electron chi connectivity index (χ4n) is 0.942. The van der Waals surface area contributed by atoms with Crippen LogP contribution in [0.4, 0.5) is 0 Å². The quantitative estimate of drug-likeness (QED) is 0.255. The minimum Gasteiger partial charge on any atom is -0.394 e. The van der Waals surface area contributed by atoms with E-state index in [9.17, 15) is 10.2 Å². The van der Waals surface area contributed by atoms with E-state index in [1.807, 2.05) is 0 Å². The van der Waals surface area contributed by atoms with Crippen molar-refractivity contribution in [3.63, 3.8) is 0 Å². The van der Waals surface area contributed by atoms with E-state index >= 15 is 0 Å². The first kappa shape index (κ1) is 13.7. The van der Waals surface area contributed by atoms with Gasteiger partial charge in [-0.15, -0.1) is 0 Å². The van der Waals surface area contributed by atoms with E-state index in [2.05, 4.69) is 0 Å². The molecular weight excluding hydrogens is 194 g/mol. The molecular formula is C7H17NO6. The SMILES string of the molecule is CN(O)C[C@H](O)[C@@H](O)[C@H](O)[C@H](O)CO. The summed E-state index contributed by atoms with van der Waals surface area (Å²) in [6, 6.07) is 0. The number of nitrogens with zero attached hydrogens (tertiary/aromatic N) is 1. The fraction of sp³-hybridized carbons (Fsp3) is 1.00. The van der Waals surface area contributed by atoms with Gasteiger partial charge in [-0.2, -0.15) is 5.06 Å². The molecule has 0 fully saturated rings. The monoisotopic (exact) mass is 211 g/mol. The molecule has 0 heterocycles. The molecule has 0 unspecified atom stereocenters. The Bertz CT molecular complexity index is 155. The average molecular weight is 211 g/mol. The predicted octanol–water partition coefficient (Wildman–Crippen LogP) is -3.26. The van der Waals surface area contributed by atoms with Crippen molar-refractivity contribution in [2.75, 3.05) is 20.2 Å². The van der Waals surface area contributed by atoms with E-state index in [1.165, 1.54) is 7.05 Å². The number of likely N-dealkylation sites (N-methyl/N-ethyl adjacent to an activating group) is 1. The number of rotatable bonds is 6. The minimum atomic E-state index is -1.66. The number of aliphatic hydroxyl groups is 5. The van der Waals surface area contributed by atoms with E-state index in [1.54, 1.807) is 0 Å². The van der Waals surface area contributed by atoms with Gasteiger partial charge in [0.2, 0.25) is 0 Å². The van der Waals surface area contributed by atoms with E-state index in [0.717, 1.165) is 0 Å². The molecule has 0 aromatic heterocycles. The van der Waals surface area contributed by atoms with Crippen LogP contribution in [0.2, 0.25) is 0 Å². The maximum atomic E-state index is 9.23. The van der Waals surface area contributed by atoms with Gasteiger partial charge < -0.3 is 30.7 Å². The van der Waals surface area contributed by atoms with Crippen molar-refractivity contribution in [2.24, 2.45) is 0 Å². The summed E-state index contributed by atoms with van der Waals surface area (Å²) in [6.45, 7) is -1.00. The Morgan fingerprint density at radius 1 is 1.00 bits per heavy atom. The predicted molar refractivity (Wildman–Crippen MR) is 45.5 cm³/mol. The van der Waals surface area contributed by atoms with Gasteiger partial charge >= 0.3 is 0 Å². The maximum absolute atomic E-state index is 9.23. The lowest BCUT2D eigenvalue weighted by Gasteiger charge is -2.26. The highest BCUT2D eigenvalue weighted by Gasteiger charge is 2.30. The van der Waals surface area contributed by atoms with Crippen LogP contribution in [-0.4, -0.2) is 80.4 Å². The zero-order valence-corrected chi connectivity index (χ0v) is 7.85. The van der Waals surface area contributed by atoms with Crippen molar-refractivity contribution in [2.45, 2.75) is 24.4 Å². The van der Waals surface area contributed by atoms with Gasteiger partial charge in [0.1, 0.15) is 18.3 Å². The molecule has 6 N–H and O–H groups in total. The second-order valence-corrected chi connectivity index (χ2v) is 3.14. The van der Waals surface area contributed by atoms with Crippen molar-refractivity contribution in [3.05, 3.63) is 0 Å². The van der Waals surface area contributed by atoms with Gasteiger partial charge in [0, 0.05) is 7.05 Å². The summed E-state index contributed by atoms with van der Waals surface area (Å²) >= 11 is 0. The Labute approximate surface area is 81.4 Å². The molecule has 0 aromatic rings. The second-order valence-electron chi connectivity index (χ2n) is 3.14. The van der Waals surface area contributed by atoms with Crippen LogP contribution in [0.15, 0.2) is 0 Å². The zero-order chi connectivity index (χ0) is 11.3. The lowest BCUT2D eigenvalue weighted by atomic mass is 10.0. The third kappa shape index (κ3) is 4.29. The average Bonchev–Trinajstić information content (AvgIpc) is 2.13. The molecule has 0 amide bonds. The third-order valence-electron chi connectivity index (χ3n) is 1.78. The van der Waals surface area contributed by atoms with Gasteiger partial charge in [-0.25, -0.2) is 0 Å². The lowest BCUT2D eigenvalue weighted by molar-refractivity contribution is -0.148. The summed E-state index contributed by atoms with van der Waals surface area (Å²) in [5, 5.41) is 54.3. The smallest absolute Gasteiger partial charge is 0.111 e. The summed E-state index contributed by atoms with van der Waals surface area (Å²) in [6.07, 6.45) is -6.23. The van der Waals surface area contributed by atoms with E-state index in [-0.39, 0.29) is 6.54 Å². The maximum Gasteiger partial charge on any atom is 0.111 e. The number of hydroxylamine groups is 2. The minimum absolute atomic E-state index is 0.281. The standard InChI is InChI=1S/C7H17NO6/c1-8(14)2-4(10)6(12)7(13)5(11)3-9/h4-7,9-14H,2-3H2,1H3/t4-,5+,6+,7+/m0/s1. The zero-order valence-electron chi connectivity index (χ0n) is 7.85. The van der Waals surface area contributed by atoms with Crippen LogP contribution in [0.25, 0.3) is 0 Å². The number of hydrogen-bond acceptors (Lipinski definition) is 7. The molecule has 0 aliphatic carbocycles. The van der Waals surface area contributed by atoms with Gasteiger partial charge in [0.05, 0.1) is 19.3 Å². The van der Waals surface area contributed by atoms with Crippen molar-refractivity contribution < 1.29 is 30.7 Å². The van der Waals surface area contributed by atoms with Crippen LogP contribution in [0, 0.1) is 0 Å². The molecule has 14 heavy (non-hydrogen) atoms. The normalized spacial score (nSPS) is 20.6. The molecule has 7 nitrogen and oxygen atoms in total. The van der Waals surface area contributed by atoms with Gasteiger partial charge in [0.15, 0.2) is 0 Å². The molecule has 0 rings (SSSR count). The molecule has 0 saturated carbocycles. The van der Waals surface area contributed by atoms with Crippen LogP contribution in [-0.2, 0) is 0 Å². The highest BCUT2D eigenvalue weighted by atomic mass is 16.5. The highest BCUT2D eigenvalue weighted by molar-refractivity contribution is 4.81. The topological polar surface area (TPSA) is 125 Å². The Kier molecular flexibility index (Phi) is 6.12. The van der Waals surface area contributed by atoms with E-state index in [0.29, 0.717) is 5.06 Å². The van der Waals surface area contributed by atoms with Crippen LogP contribution < -0.4 is 0 Å². The first-order valence-corrected chi connectivity index (χ1v) is 4.13. The van der Waals surface area contributed by atoms with Crippen LogP contribution >= 0.6 is 0 Å². The first-order valence-electron chi connectivity index (χ1n) is 4.13. The largest absolute Gasteiger partial charge is 0.394 e. The first-order chi connectivity index (χ1) is 6.40. The van der Waals surface area contributed by atoms with Crippen molar-refractivity contribution >= 4 is 0 Å². The Morgan fingerprint density at radius 3 is 1.79 bits per heavy atom. The van der Waals surface area contributed by atoms with Gasteiger partial charge in [0.25, 0.3) is 0 Å². The number of aliphatic hydroxyl groups excluding tert-OH is 5. The van der Waals surface area contributed by atoms with Crippen molar-refractivity contribution in [1.29, 1.82) is 0 Å². The summed E-state index contributed by atoms with van der Waals surface area (Å²) in [5.41, 5.74) is 0. The Hall–Kier alpha value is -0.280. The summed E-state index contributed by atoms with van der Waals surface area (Å²) in [4.78, 5) is 0. The van der Waals surface area contributed by atoms with Crippen LogP contribution in [0.5, 0.6) is 0 Å². The van der Waals surface area contributed by atoms with E-state index in [4.69, 9.17) is 20.5 Å². The Balaban J connectivity index is 4.09. The molecule has 86 valence electrons. The summed E-state index contributed by atoms with van der Waals surface area (Å²) in [7, 11) is 1.25. The molecule has 7 heteroatoms. The molecule has 0 aliphatic rings. The Morgan fingerprint density at radius 2 is 1.43 bits per heavy atom. The molecule has 0 aromatic carbocycles. The molecule has 0 bridgehead atoms. The molecule has 0 spiro atoms. The van der Waals surface area contributed by atoms with Crippen molar-refractivity contribution in [3.8, 4) is 0 Å². The third-order valence-corrected chi connectivity index (χ3v) is 1.78. The fourth-order valence-corrected chi connectivity index (χ4v) is 0.942. The second kappa shape index (κ2) is 6.25. The van der Waals surface area contributed by atoms with Crippen LogP contribution in [0.3, 0.4) is 0 Å². The number of hydrogen-bond donors (Lipinski definition) is 6. The molecule has 0 radical (unpaired) electrons. The van der Waals surface area contributed by atoms with Gasteiger partial charge in [-0.1, -0.05) is 0 Å².